The predicted molar refractivity (Wildman–Crippen MR) is 124 cm³/mol. The third-order valence-corrected chi connectivity index (χ3v) is 4.72. The van der Waals surface area contributed by atoms with Crippen LogP contribution < -0.4 is 20.7 Å². The van der Waals surface area contributed by atoms with Gasteiger partial charge in [-0.2, -0.15) is 0 Å². The van der Waals surface area contributed by atoms with E-state index in [1.54, 1.807) is 61.7 Å². The smallest absolute Gasteiger partial charge is 0.323 e. The second-order valence-corrected chi connectivity index (χ2v) is 7.68. The van der Waals surface area contributed by atoms with Gasteiger partial charge in [-0.3, -0.25) is 4.79 Å². The van der Waals surface area contributed by atoms with Crippen LogP contribution in [0.1, 0.15) is 10.4 Å². The van der Waals surface area contributed by atoms with Crippen LogP contribution in [-0.2, 0) is 0 Å². The Morgan fingerprint density at radius 3 is 2.31 bits per heavy atom. The van der Waals surface area contributed by atoms with Crippen molar-refractivity contribution in [3.63, 3.8) is 0 Å². The van der Waals surface area contributed by atoms with E-state index >= 15 is 0 Å². The first-order valence-corrected chi connectivity index (χ1v) is 9.98. The summed E-state index contributed by atoms with van der Waals surface area (Å²) in [5.74, 6) is 0.359. The van der Waals surface area contributed by atoms with E-state index in [-0.39, 0.29) is 5.91 Å². The van der Waals surface area contributed by atoms with Crippen LogP contribution in [0.25, 0.3) is 0 Å². The molecule has 0 saturated carbocycles. The van der Waals surface area contributed by atoms with Crippen molar-refractivity contribution in [1.82, 2.24) is 0 Å². The van der Waals surface area contributed by atoms with Crippen molar-refractivity contribution in [3.8, 4) is 5.75 Å². The number of hydrogen-bond donors (Lipinski definition) is 3. The lowest BCUT2D eigenvalue weighted by atomic mass is 10.2. The van der Waals surface area contributed by atoms with Gasteiger partial charge in [0.25, 0.3) is 5.91 Å². The highest BCUT2D eigenvalue weighted by Crippen LogP contribution is 2.23. The Morgan fingerprint density at radius 2 is 1.59 bits per heavy atom. The van der Waals surface area contributed by atoms with Crippen LogP contribution in [-0.4, -0.2) is 19.0 Å². The molecule has 0 saturated heterocycles. The third-order valence-electron chi connectivity index (χ3n) is 3.85. The molecule has 0 fully saturated rings. The average molecular weight is 522 g/mol. The number of halogens is 2. The zero-order valence-electron chi connectivity index (χ0n) is 15.3. The van der Waals surface area contributed by atoms with Crippen molar-refractivity contribution in [2.45, 2.75) is 0 Å². The fraction of sp³-hybridized carbons (Fsp3) is 0.0476. The Balaban J connectivity index is 1.67. The van der Waals surface area contributed by atoms with Gasteiger partial charge in [-0.05, 0) is 77.2 Å². The average Bonchev–Trinajstić information content (AvgIpc) is 2.69. The highest BCUT2D eigenvalue weighted by Gasteiger charge is 2.10. The molecular formula is C21H17ClIN3O3. The van der Waals surface area contributed by atoms with Crippen molar-refractivity contribution >= 4 is 63.2 Å². The molecule has 0 unspecified atom stereocenters. The van der Waals surface area contributed by atoms with Crippen LogP contribution in [0.5, 0.6) is 5.75 Å². The highest BCUT2D eigenvalue weighted by atomic mass is 127. The Labute approximate surface area is 186 Å². The van der Waals surface area contributed by atoms with Gasteiger partial charge in [0.1, 0.15) is 5.75 Å². The molecule has 29 heavy (non-hydrogen) atoms. The lowest BCUT2D eigenvalue weighted by Crippen LogP contribution is -2.20. The Hall–Kier alpha value is -2.78. The molecule has 0 spiro atoms. The van der Waals surface area contributed by atoms with Gasteiger partial charge in [0.15, 0.2) is 0 Å². The molecule has 3 N–H and O–H groups in total. The van der Waals surface area contributed by atoms with Gasteiger partial charge in [-0.1, -0.05) is 17.7 Å². The van der Waals surface area contributed by atoms with Crippen LogP contribution in [0.3, 0.4) is 0 Å². The van der Waals surface area contributed by atoms with E-state index in [0.29, 0.717) is 33.4 Å². The van der Waals surface area contributed by atoms with E-state index in [2.05, 4.69) is 38.5 Å². The van der Waals surface area contributed by atoms with E-state index in [0.717, 1.165) is 3.57 Å². The molecular weight excluding hydrogens is 505 g/mol. The molecule has 0 heterocycles. The second-order valence-electron chi connectivity index (χ2n) is 6.00. The second kappa shape index (κ2) is 9.62. The molecule has 8 heteroatoms. The van der Waals surface area contributed by atoms with Gasteiger partial charge in [-0.15, -0.1) is 0 Å². The summed E-state index contributed by atoms with van der Waals surface area (Å²) >= 11 is 7.99. The first-order valence-electron chi connectivity index (χ1n) is 8.52. The van der Waals surface area contributed by atoms with Gasteiger partial charge in [0.05, 0.1) is 7.11 Å². The van der Waals surface area contributed by atoms with Crippen molar-refractivity contribution in [2.75, 3.05) is 23.1 Å². The first kappa shape index (κ1) is 20.9. The molecule has 0 aromatic heterocycles. The molecule has 3 amide bonds. The molecule has 6 nitrogen and oxygen atoms in total. The van der Waals surface area contributed by atoms with Gasteiger partial charge in [0, 0.05) is 37.3 Å². The zero-order valence-corrected chi connectivity index (χ0v) is 18.2. The molecule has 0 aliphatic carbocycles. The number of urea groups is 1. The largest absolute Gasteiger partial charge is 0.497 e. The summed E-state index contributed by atoms with van der Waals surface area (Å²) in [7, 11) is 1.57. The molecule has 3 rings (SSSR count). The van der Waals surface area contributed by atoms with E-state index in [4.69, 9.17) is 16.3 Å². The summed E-state index contributed by atoms with van der Waals surface area (Å²) in [6.07, 6.45) is 0. The maximum Gasteiger partial charge on any atom is 0.323 e. The summed E-state index contributed by atoms with van der Waals surface area (Å²) in [5.41, 5.74) is 2.13. The van der Waals surface area contributed by atoms with Crippen LogP contribution in [0.15, 0.2) is 66.7 Å². The standard InChI is InChI=1S/C21H17ClIN3O3/c1-29-19-11-15(23)10-18(12-19)24-20(27)13-3-2-4-17(9-13)26-21(28)25-16-7-5-14(22)6-8-16/h2-12H,1H3,(H,24,27)(H2,25,26,28). The number of ether oxygens (including phenoxy) is 1. The van der Waals surface area contributed by atoms with E-state index in [9.17, 15) is 9.59 Å². The van der Waals surface area contributed by atoms with Gasteiger partial charge >= 0.3 is 6.03 Å². The van der Waals surface area contributed by atoms with E-state index in [1.165, 1.54) is 0 Å². The zero-order chi connectivity index (χ0) is 20.8. The molecule has 0 aliphatic heterocycles. The number of benzene rings is 3. The molecule has 148 valence electrons. The van der Waals surface area contributed by atoms with Crippen molar-refractivity contribution in [2.24, 2.45) is 0 Å². The molecule has 3 aromatic carbocycles. The summed E-state index contributed by atoms with van der Waals surface area (Å²) in [5, 5.41) is 8.83. The summed E-state index contributed by atoms with van der Waals surface area (Å²) < 4.78 is 6.16. The molecule has 0 radical (unpaired) electrons. The molecule has 3 aromatic rings. The maximum atomic E-state index is 12.6. The fourth-order valence-electron chi connectivity index (χ4n) is 2.52. The topological polar surface area (TPSA) is 79.5 Å². The van der Waals surface area contributed by atoms with Crippen LogP contribution >= 0.6 is 34.2 Å². The maximum absolute atomic E-state index is 12.6. The number of nitrogens with one attached hydrogen (secondary N) is 3. The van der Waals surface area contributed by atoms with Crippen molar-refractivity contribution < 1.29 is 14.3 Å². The molecule has 0 aliphatic rings. The first-order chi connectivity index (χ1) is 13.9. The van der Waals surface area contributed by atoms with Gasteiger partial charge in [-0.25, -0.2) is 4.79 Å². The number of carbonyl (C=O) groups is 2. The lowest BCUT2D eigenvalue weighted by molar-refractivity contribution is 0.102. The summed E-state index contributed by atoms with van der Waals surface area (Å²) in [4.78, 5) is 24.8. The predicted octanol–water partition coefficient (Wildman–Crippen LogP) is 5.85. The minimum absolute atomic E-state index is 0.296. The normalized spacial score (nSPS) is 10.2. The number of methoxy groups -OCH3 is 1. The van der Waals surface area contributed by atoms with Gasteiger partial charge < -0.3 is 20.7 Å². The number of hydrogen-bond acceptors (Lipinski definition) is 3. The van der Waals surface area contributed by atoms with Crippen LogP contribution in [0.2, 0.25) is 5.02 Å². The Bertz CT molecular complexity index is 1040. The summed E-state index contributed by atoms with van der Waals surface area (Å²) in [6.45, 7) is 0. The lowest BCUT2D eigenvalue weighted by Gasteiger charge is -2.10. The minimum atomic E-state index is -0.424. The number of rotatable bonds is 5. The SMILES string of the molecule is COc1cc(I)cc(NC(=O)c2cccc(NC(=O)Nc3ccc(Cl)cc3)c2)c1. The van der Waals surface area contributed by atoms with Gasteiger partial charge in [0.2, 0.25) is 0 Å². The fourth-order valence-corrected chi connectivity index (χ4v) is 3.29. The number of carbonyl (C=O) groups excluding carboxylic acids is 2. The Kier molecular flexibility index (Phi) is 6.95. The van der Waals surface area contributed by atoms with E-state index < -0.39 is 6.03 Å². The van der Waals surface area contributed by atoms with Crippen molar-refractivity contribution in [3.05, 3.63) is 80.9 Å². The highest BCUT2D eigenvalue weighted by molar-refractivity contribution is 14.1. The Morgan fingerprint density at radius 1 is 0.862 bits per heavy atom. The summed E-state index contributed by atoms with van der Waals surface area (Å²) in [6, 6.07) is 18.4. The molecule has 0 bridgehead atoms. The minimum Gasteiger partial charge on any atom is -0.497 e. The van der Waals surface area contributed by atoms with Crippen LogP contribution in [0, 0.1) is 3.57 Å². The van der Waals surface area contributed by atoms with Crippen molar-refractivity contribution in [1.29, 1.82) is 0 Å². The monoisotopic (exact) mass is 521 g/mol. The van der Waals surface area contributed by atoms with E-state index in [1.807, 2.05) is 12.1 Å². The quantitative estimate of drug-likeness (QED) is 0.369. The number of anilines is 3. The number of amides is 3. The third kappa shape index (κ3) is 6.10. The molecule has 0 atom stereocenters. The van der Waals surface area contributed by atoms with Crippen LogP contribution in [0.4, 0.5) is 21.9 Å².